The van der Waals surface area contributed by atoms with Gasteiger partial charge in [-0.2, -0.15) is 4.99 Å². The number of alkyl halides is 3. The van der Waals surface area contributed by atoms with Crippen LogP contribution in [-0.2, 0) is 11.3 Å². The van der Waals surface area contributed by atoms with Crippen LogP contribution in [0.25, 0.3) is 11.3 Å². The van der Waals surface area contributed by atoms with Crippen LogP contribution in [-0.4, -0.2) is 57.9 Å². The molecule has 37 heavy (non-hydrogen) atoms. The van der Waals surface area contributed by atoms with Crippen LogP contribution in [0.3, 0.4) is 0 Å². The third kappa shape index (κ3) is 8.07. The fraction of sp³-hybridized carbons (Fsp3) is 0.360. The van der Waals surface area contributed by atoms with Crippen LogP contribution in [0, 0.1) is 0 Å². The summed E-state index contributed by atoms with van der Waals surface area (Å²) >= 11 is 1.26. The van der Waals surface area contributed by atoms with Gasteiger partial charge in [0.25, 0.3) is 5.91 Å². The maximum atomic E-state index is 13.1. The first-order valence-electron chi connectivity index (χ1n) is 11.3. The highest BCUT2D eigenvalue weighted by atomic mass is 32.1. The van der Waals surface area contributed by atoms with Gasteiger partial charge in [0.1, 0.15) is 17.2 Å². The first-order valence-corrected chi connectivity index (χ1v) is 12.2. The number of hydrogen-bond donors (Lipinski definition) is 1. The first kappa shape index (κ1) is 28.2. The van der Waals surface area contributed by atoms with Crippen molar-refractivity contribution in [1.82, 2.24) is 9.88 Å². The Morgan fingerprint density at radius 3 is 2.41 bits per heavy atom. The van der Waals surface area contributed by atoms with Crippen molar-refractivity contribution in [3.8, 4) is 28.5 Å². The average Bonchev–Trinajstić information content (AvgIpc) is 3.27. The summed E-state index contributed by atoms with van der Waals surface area (Å²) in [4.78, 5) is 17.9. The Labute approximate surface area is 216 Å². The van der Waals surface area contributed by atoms with E-state index in [2.05, 4.69) is 15.0 Å². The van der Waals surface area contributed by atoms with Crippen molar-refractivity contribution < 1.29 is 36.9 Å². The molecule has 0 aliphatic carbocycles. The van der Waals surface area contributed by atoms with E-state index in [1.165, 1.54) is 49.8 Å². The van der Waals surface area contributed by atoms with Gasteiger partial charge in [-0.05, 0) is 54.9 Å². The third-order valence-electron chi connectivity index (χ3n) is 5.24. The molecule has 0 aliphatic rings. The molecule has 0 saturated carbocycles. The van der Waals surface area contributed by atoms with E-state index in [1.54, 1.807) is 25.3 Å². The number of nitrogens with zero attached hydrogens (tertiary/aromatic N) is 2. The highest BCUT2D eigenvalue weighted by molar-refractivity contribution is 7.07. The Bertz CT molecular complexity index is 1240. The quantitative estimate of drug-likeness (QED) is 0.342. The average molecular weight is 540 g/mol. The van der Waals surface area contributed by atoms with Gasteiger partial charge in [0.05, 0.1) is 32.1 Å². The molecule has 0 radical (unpaired) electrons. The SMILES string of the molecule is COCCNCCCn1c(-c2ccc(OC(F)(F)F)cc2)cs/c1=N\C(=O)c1ccc(OC)cc1OC. The lowest BCUT2D eigenvalue weighted by Gasteiger charge is -2.12. The molecular weight excluding hydrogens is 511 g/mol. The number of benzene rings is 2. The second-order valence-corrected chi connectivity index (χ2v) is 8.54. The molecule has 0 spiro atoms. The molecule has 12 heteroatoms. The van der Waals surface area contributed by atoms with Crippen LogP contribution in [0.1, 0.15) is 16.8 Å². The minimum atomic E-state index is -4.77. The molecule has 0 aliphatic heterocycles. The van der Waals surface area contributed by atoms with Crippen LogP contribution in [0.2, 0.25) is 0 Å². The molecule has 1 amide bonds. The maximum Gasteiger partial charge on any atom is 0.573 e. The molecule has 0 saturated heterocycles. The number of halogens is 3. The van der Waals surface area contributed by atoms with Crippen molar-refractivity contribution in [3.05, 3.63) is 58.2 Å². The first-order chi connectivity index (χ1) is 17.8. The fourth-order valence-corrected chi connectivity index (χ4v) is 4.41. The zero-order chi connectivity index (χ0) is 26.8. The summed E-state index contributed by atoms with van der Waals surface area (Å²) in [6.07, 6.45) is -4.05. The highest BCUT2D eigenvalue weighted by Crippen LogP contribution is 2.28. The number of rotatable bonds is 12. The Balaban J connectivity index is 1.93. The second-order valence-electron chi connectivity index (χ2n) is 7.71. The van der Waals surface area contributed by atoms with E-state index in [9.17, 15) is 18.0 Å². The van der Waals surface area contributed by atoms with E-state index in [-0.39, 0.29) is 11.3 Å². The summed E-state index contributed by atoms with van der Waals surface area (Å²) in [5, 5.41) is 5.08. The Morgan fingerprint density at radius 2 is 1.76 bits per heavy atom. The normalized spacial score (nSPS) is 12.0. The van der Waals surface area contributed by atoms with E-state index in [0.717, 1.165) is 6.42 Å². The molecule has 8 nitrogen and oxygen atoms in total. The molecule has 3 rings (SSSR count). The van der Waals surface area contributed by atoms with Crippen molar-refractivity contribution in [2.24, 2.45) is 4.99 Å². The molecule has 1 aromatic heterocycles. The summed E-state index contributed by atoms with van der Waals surface area (Å²) in [5.41, 5.74) is 1.66. The van der Waals surface area contributed by atoms with Gasteiger partial charge in [-0.15, -0.1) is 24.5 Å². The van der Waals surface area contributed by atoms with Crippen molar-refractivity contribution in [3.63, 3.8) is 0 Å². The summed E-state index contributed by atoms with van der Waals surface area (Å²) in [7, 11) is 4.60. The summed E-state index contributed by atoms with van der Waals surface area (Å²) < 4.78 is 59.0. The van der Waals surface area contributed by atoms with E-state index in [1.807, 2.05) is 9.95 Å². The molecule has 0 bridgehead atoms. The number of carbonyl (C=O) groups excluding carboxylic acids is 1. The highest BCUT2D eigenvalue weighted by Gasteiger charge is 2.31. The van der Waals surface area contributed by atoms with Crippen LogP contribution in [0.5, 0.6) is 17.2 Å². The lowest BCUT2D eigenvalue weighted by atomic mass is 10.1. The predicted octanol–water partition coefficient (Wildman–Crippen LogP) is 4.50. The van der Waals surface area contributed by atoms with E-state index in [4.69, 9.17) is 14.2 Å². The lowest BCUT2D eigenvalue weighted by molar-refractivity contribution is -0.274. The van der Waals surface area contributed by atoms with Gasteiger partial charge in [-0.1, -0.05) is 0 Å². The van der Waals surface area contributed by atoms with Crippen LogP contribution >= 0.6 is 11.3 Å². The third-order valence-corrected chi connectivity index (χ3v) is 6.10. The fourth-order valence-electron chi connectivity index (χ4n) is 3.48. The van der Waals surface area contributed by atoms with Gasteiger partial charge in [0.2, 0.25) is 0 Å². The predicted molar refractivity (Wildman–Crippen MR) is 133 cm³/mol. The van der Waals surface area contributed by atoms with Gasteiger partial charge in [0, 0.05) is 31.6 Å². The summed E-state index contributed by atoms with van der Waals surface area (Å²) in [5.74, 6) is 0.0701. The van der Waals surface area contributed by atoms with E-state index >= 15 is 0 Å². The Morgan fingerprint density at radius 1 is 1.03 bits per heavy atom. The minimum Gasteiger partial charge on any atom is -0.497 e. The Hall–Kier alpha value is -3.35. The maximum absolute atomic E-state index is 13.1. The van der Waals surface area contributed by atoms with E-state index < -0.39 is 12.3 Å². The topological polar surface area (TPSA) is 83.3 Å². The monoisotopic (exact) mass is 539 g/mol. The number of thiazole rings is 1. The molecular formula is C25H28F3N3O5S. The zero-order valence-corrected chi connectivity index (χ0v) is 21.4. The molecule has 1 heterocycles. The summed E-state index contributed by atoms with van der Waals surface area (Å²) in [6.45, 7) is 2.50. The summed E-state index contributed by atoms with van der Waals surface area (Å²) in [6, 6.07) is 10.4. The number of methoxy groups -OCH3 is 3. The molecule has 0 fully saturated rings. The number of amides is 1. The molecule has 200 valence electrons. The second kappa shape index (κ2) is 13.3. The smallest absolute Gasteiger partial charge is 0.497 e. The van der Waals surface area contributed by atoms with Gasteiger partial charge in [0.15, 0.2) is 4.80 Å². The van der Waals surface area contributed by atoms with Gasteiger partial charge in [-0.3, -0.25) is 4.79 Å². The molecule has 3 aromatic rings. The van der Waals surface area contributed by atoms with Gasteiger partial charge < -0.3 is 28.8 Å². The molecule has 0 atom stereocenters. The number of nitrogens with one attached hydrogen (secondary N) is 1. The molecule has 1 N–H and O–H groups in total. The lowest BCUT2D eigenvalue weighted by Crippen LogP contribution is -2.24. The van der Waals surface area contributed by atoms with Crippen LogP contribution in [0.15, 0.2) is 52.8 Å². The minimum absolute atomic E-state index is 0.277. The van der Waals surface area contributed by atoms with Gasteiger partial charge >= 0.3 is 6.36 Å². The van der Waals surface area contributed by atoms with Crippen LogP contribution < -0.4 is 24.3 Å². The van der Waals surface area contributed by atoms with Crippen molar-refractivity contribution in [1.29, 1.82) is 0 Å². The number of ether oxygens (including phenoxy) is 4. The largest absolute Gasteiger partial charge is 0.573 e. The van der Waals surface area contributed by atoms with Gasteiger partial charge in [-0.25, -0.2) is 0 Å². The van der Waals surface area contributed by atoms with Crippen molar-refractivity contribution in [2.75, 3.05) is 41.0 Å². The number of hydrogen-bond acceptors (Lipinski definition) is 7. The molecule has 0 unspecified atom stereocenters. The number of carbonyl (C=O) groups is 1. The molecule has 2 aromatic carbocycles. The Kier molecular flexibility index (Phi) is 10.1. The van der Waals surface area contributed by atoms with Crippen LogP contribution in [0.4, 0.5) is 13.2 Å². The standard InChI is InChI=1S/C25H28F3N3O5S/c1-33-14-12-29-11-4-13-31-21(17-5-7-18(8-6-17)36-25(26,27)28)16-37-24(31)30-23(32)20-10-9-19(34-2)15-22(20)35-3/h5-10,15-16,29H,4,11-14H2,1-3H3/b30-24-. The van der Waals surface area contributed by atoms with E-state index in [0.29, 0.717) is 53.8 Å². The zero-order valence-electron chi connectivity index (χ0n) is 20.6. The van der Waals surface area contributed by atoms with Crippen molar-refractivity contribution >= 4 is 17.2 Å². The van der Waals surface area contributed by atoms with Crippen molar-refractivity contribution in [2.45, 2.75) is 19.3 Å². The number of aromatic nitrogens is 1.